The van der Waals surface area contributed by atoms with E-state index in [0.29, 0.717) is 22.7 Å². The molecule has 3 aromatic rings. The van der Waals surface area contributed by atoms with Crippen LogP contribution in [0.3, 0.4) is 0 Å². The second-order valence-electron chi connectivity index (χ2n) is 15.6. The molecule has 2 aromatic heterocycles. The molecule has 0 saturated heterocycles. The van der Waals surface area contributed by atoms with Gasteiger partial charge in [-0.1, -0.05) is 77.9 Å². The molecule has 3 unspecified atom stereocenters. The van der Waals surface area contributed by atoms with Gasteiger partial charge >= 0.3 is 0 Å². The number of rotatable bonds is 20. The van der Waals surface area contributed by atoms with Crippen LogP contribution in [0.25, 0.3) is 0 Å². The first-order chi connectivity index (χ1) is 24.9. The Morgan fingerprint density at radius 2 is 1.55 bits per heavy atom. The number of aliphatic hydroxyl groups is 1. The number of aromatic nitrogens is 3. The SMILES string of the molecule is CC(C)C[C@H](N)C(O)CC(C(=O)N(C(=O)[C@@](C)(N)Cc1cnc[nH]1)C(C(=O)[C@@H](N)[C@@H](C)[C@H](C)c1ccccn1)C(=O)[C@@H](N)Cc1ccccc1)C(C)C. The Bertz CT molecular complexity index is 1620. The van der Waals surface area contributed by atoms with Crippen molar-refractivity contribution in [2.45, 2.75) is 116 Å². The van der Waals surface area contributed by atoms with Gasteiger partial charge in [0.2, 0.25) is 11.8 Å². The second kappa shape index (κ2) is 19.3. The molecular weight excluding hydrogens is 672 g/mol. The zero-order valence-electron chi connectivity index (χ0n) is 32.2. The predicted molar refractivity (Wildman–Crippen MR) is 205 cm³/mol. The number of aliphatic hydroxyl groups excluding tert-OH is 1. The normalized spacial score (nSPS) is 17.5. The van der Waals surface area contributed by atoms with Gasteiger partial charge in [-0.15, -0.1) is 0 Å². The summed E-state index contributed by atoms with van der Waals surface area (Å²) in [6.45, 7) is 12.5. The molecule has 1 aromatic carbocycles. The molecule has 0 aliphatic rings. The van der Waals surface area contributed by atoms with Crippen molar-refractivity contribution in [2.24, 2.45) is 46.6 Å². The third-order valence-corrected chi connectivity index (χ3v) is 10.2. The summed E-state index contributed by atoms with van der Waals surface area (Å²) in [4.78, 5) is 71.5. The van der Waals surface area contributed by atoms with Gasteiger partial charge in [-0.2, -0.15) is 0 Å². The molecule has 2 heterocycles. The van der Waals surface area contributed by atoms with Gasteiger partial charge in [-0.25, -0.2) is 4.98 Å². The number of Topliss-reactive ketones (excluding diaryl/α,β-unsaturated/α-hetero) is 2. The summed E-state index contributed by atoms with van der Waals surface area (Å²) >= 11 is 0. The van der Waals surface area contributed by atoms with E-state index in [0.717, 1.165) is 5.56 Å². The summed E-state index contributed by atoms with van der Waals surface area (Å²) < 4.78 is 0. The fraction of sp³-hybridized carbons (Fsp3) is 0.550. The first-order valence-corrected chi connectivity index (χ1v) is 18.5. The molecular formula is C40H60N8O5. The highest BCUT2D eigenvalue weighted by molar-refractivity contribution is 6.17. The molecule has 0 aliphatic heterocycles. The van der Waals surface area contributed by atoms with Crippen LogP contribution >= 0.6 is 0 Å². The van der Waals surface area contributed by atoms with Gasteiger partial charge in [0.1, 0.15) is 0 Å². The molecule has 0 radical (unpaired) electrons. The van der Waals surface area contributed by atoms with E-state index in [-0.39, 0.29) is 31.1 Å². The first-order valence-electron chi connectivity index (χ1n) is 18.5. The largest absolute Gasteiger partial charge is 0.391 e. The number of nitrogens with two attached hydrogens (primary N) is 4. The van der Waals surface area contributed by atoms with E-state index in [1.807, 2.05) is 39.0 Å². The lowest BCUT2D eigenvalue weighted by atomic mass is 9.80. The average Bonchev–Trinajstić information content (AvgIpc) is 3.63. The minimum absolute atomic E-state index is 0.0270. The number of amides is 2. The van der Waals surface area contributed by atoms with Crippen LogP contribution in [0.2, 0.25) is 0 Å². The third kappa shape index (κ3) is 11.4. The average molecular weight is 733 g/mol. The monoisotopic (exact) mass is 732 g/mol. The number of H-pyrrole nitrogens is 1. The number of pyridine rings is 1. The molecule has 3 rings (SSSR count). The number of carbonyl (C=O) groups excluding carboxylic acids is 4. The van der Waals surface area contributed by atoms with Crippen LogP contribution in [0.15, 0.2) is 67.3 Å². The zero-order chi connectivity index (χ0) is 39.6. The molecule has 53 heavy (non-hydrogen) atoms. The van der Waals surface area contributed by atoms with Crippen LogP contribution in [-0.4, -0.2) is 84.1 Å². The standard InChI is InChI=1S/C40H60N8O5/c1-23(2)17-30(41)33(49)19-29(24(3)4)38(52)48(39(53)40(7,44)20-28-21-45-22-47-28)35(36(50)31(42)18-27-13-9-8-10-14-27)37(51)34(43)26(6)25(5)32-15-11-12-16-46-32/h8-16,21-26,29-31,33-35,49H,17-20,41-44H2,1-7H3,(H,45,47)/t25-,26-,29?,30-,31-,33?,34-,35?,40-/m0/s1. The molecule has 2 amide bonds. The lowest BCUT2D eigenvalue weighted by Crippen LogP contribution is -2.67. The van der Waals surface area contributed by atoms with Crippen LogP contribution in [0.5, 0.6) is 0 Å². The Morgan fingerprint density at radius 1 is 0.906 bits per heavy atom. The number of imide groups is 1. The Morgan fingerprint density at radius 3 is 2.09 bits per heavy atom. The van der Waals surface area contributed by atoms with Gasteiger partial charge in [0.05, 0.1) is 30.1 Å². The molecule has 0 aliphatic carbocycles. The minimum Gasteiger partial charge on any atom is -0.391 e. The molecule has 9 atom stereocenters. The van der Waals surface area contributed by atoms with Crippen molar-refractivity contribution in [2.75, 3.05) is 0 Å². The third-order valence-electron chi connectivity index (χ3n) is 10.2. The van der Waals surface area contributed by atoms with Crippen LogP contribution in [0.1, 0.15) is 84.2 Å². The number of ketones is 2. The summed E-state index contributed by atoms with van der Waals surface area (Å²) in [5.74, 6) is -5.77. The quantitative estimate of drug-likeness (QED) is 0.0924. The van der Waals surface area contributed by atoms with Crippen molar-refractivity contribution in [1.82, 2.24) is 19.9 Å². The number of nitrogens with one attached hydrogen (secondary N) is 1. The van der Waals surface area contributed by atoms with E-state index in [1.54, 1.807) is 57.3 Å². The summed E-state index contributed by atoms with van der Waals surface area (Å²) in [6, 6.07) is 9.09. The van der Waals surface area contributed by atoms with Gasteiger partial charge in [-0.05, 0) is 61.6 Å². The fourth-order valence-electron chi connectivity index (χ4n) is 6.68. The Labute approximate surface area is 313 Å². The highest BCUT2D eigenvalue weighted by atomic mass is 16.3. The Kier molecular flexibility index (Phi) is 15.7. The molecule has 13 nitrogen and oxygen atoms in total. The van der Waals surface area contributed by atoms with Crippen LogP contribution in [0, 0.1) is 23.7 Å². The summed E-state index contributed by atoms with van der Waals surface area (Å²) in [7, 11) is 0. The fourth-order valence-corrected chi connectivity index (χ4v) is 6.68. The highest BCUT2D eigenvalue weighted by Crippen LogP contribution is 2.30. The van der Waals surface area contributed by atoms with E-state index < -0.39 is 76.9 Å². The number of hydrogen-bond acceptors (Lipinski definition) is 11. The van der Waals surface area contributed by atoms with Gasteiger partial charge < -0.3 is 33.0 Å². The van der Waals surface area contributed by atoms with E-state index in [4.69, 9.17) is 22.9 Å². The smallest absolute Gasteiger partial charge is 0.250 e. The van der Waals surface area contributed by atoms with Gasteiger partial charge in [0.15, 0.2) is 17.6 Å². The highest BCUT2D eigenvalue weighted by Gasteiger charge is 2.50. The van der Waals surface area contributed by atoms with E-state index >= 15 is 4.79 Å². The first kappa shape index (κ1) is 43.3. The van der Waals surface area contributed by atoms with Crippen LogP contribution < -0.4 is 22.9 Å². The number of aromatic amines is 1. The molecule has 0 fully saturated rings. The van der Waals surface area contributed by atoms with Crippen LogP contribution in [-0.2, 0) is 32.0 Å². The Balaban J connectivity index is 2.20. The van der Waals surface area contributed by atoms with Crippen molar-refractivity contribution in [1.29, 1.82) is 0 Å². The summed E-state index contributed by atoms with van der Waals surface area (Å²) in [5.41, 5.74) is 26.4. The van der Waals surface area contributed by atoms with E-state index in [1.165, 1.54) is 19.4 Å². The molecule has 0 saturated carbocycles. The molecule has 290 valence electrons. The van der Waals surface area contributed by atoms with E-state index in [2.05, 4.69) is 15.0 Å². The van der Waals surface area contributed by atoms with Crippen molar-refractivity contribution in [3.8, 4) is 0 Å². The van der Waals surface area contributed by atoms with Crippen LogP contribution in [0.4, 0.5) is 0 Å². The van der Waals surface area contributed by atoms with Crippen molar-refractivity contribution in [3.63, 3.8) is 0 Å². The van der Waals surface area contributed by atoms with Gasteiger partial charge in [-0.3, -0.25) is 29.1 Å². The second-order valence-corrected chi connectivity index (χ2v) is 15.6. The number of hydrogen-bond donors (Lipinski definition) is 6. The van der Waals surface area contributed by atoms with Gasteiger partial charge in [0, 0.05) is 48.1 Å². The molecule has 13 heteroatoms. The number of benzene rings is 1. The topological polar surface area (TPSA) is 237 Å². The van der Waals surface area contributed by atoms with Crippen molar-refractivity contribution < 1.29 is 24.3 Å². The lowest BCUT2D eigenvalue weighted by Gasteiger charge is -2.39. The summed E-state index contributed by atoms with van der Waals surface area (Å²) in [5, 5.41) is 11.2. The maximum atomic E-state index is 15.0. The van der Waals surface area contributed by atoms with Crippen molar-refractivity contribution >= 4 is 23.4 Å². The maximum absolute atomic E-state index is 15.0. The molecule has 0 spiro atoms. The maximum Gasteiger partial charge on any atom is 0.250 e. The van der Waals surface area contributed by atoms with Gasteiger partial charge in [0.25, 0.3) is 0 Å². The van der Waals surface area contributed by atoms with E-state index in [9.17, 15) is 19.5 Å². The number of imidazole rings is 1. The molecule has 0 bridgehead atoms. The van der Waals surface area contributed by atoms with Crippen molar-refractivity contribution in [3.05, 3.63) is 84.2 Å². The summed E-state index contributed by atoms with van der Waals surface area (Å²) in [6.07, 6.45) is 3.73. The lowest BCUT2D eigenvalue weighted by molar-refractivity contribution is -0.162. The Hall–Kier alpha value is -4.14. The zero-order valence-corrected chi connectivity index (χ0v) is 32.2. The number of carbonyl (C=O) groups is 4. The minimum atomic E-state index is -2.02. The predicted octanol–water partition coefficient (Wildman–Crippen LogP) is 2.66. The number of nitrogens with zero attached hydrogens (tertiary/aromatic N) is 3. The molecule has 10 N–H and O–H groups in total.